The number of ether oxygens (including phenoxy) is 1. The summed E-state index contributed by atoms with van der Waals surface area (Å²) < 4.78 is 6.47. The smallest absolute Gasteiger partial charge is 0.264 e. The van der Waals surface area contributed by atoms with Crippen LogP contribution in [-0.2, 0) is 15.1 Å². The van der Waals surface area contributed by atoms with Gasteiger partial charge in [-0.3, -0.25) is 9.59 Å². The van der Waals surface area contributed by atoms with Crippen molar-refractivity contribution < 1.29 is 24.2 Å². The molecule has 1 fully saturated rings. The molecule has 4 atom stereocenters. The van der Waals surface area contributed by atoms with Gasteiger partial charge in [0.2, 0.25) is 0 Å². The maximum Gasteiger partial charge on any atom is 0.264 e. The van der Waals surface area contributed by atoms with E-state index in [1.165, 1.54) is 0 Å². The lowest BCUT2D eigenvalue weighted by molar-refractivity contribution is -0.145. The third-order valence-corrected chi connectivity index (χ3v) is 9.46. The average Bonchev–Trinajstić information content (AvgIpc) is 3.16. The fraction of sp³-hybridized carbons (Fsp3) is 0.417. The van der Waals surface area contributed by atoms with Gasteiger partial charge in [0.25, 0.3) is 11.8 Å². The third kappa shape index (κ3) is 3.74. The van der Waals surface area contributed by atoms with Crippen molar-refractivity contribution in [2.45, 2.75) is 43.7 Å². The number of carbonyl (C=O) groups excluding carboxylic acids is 2. The maximum atomic E-state index is 13.6. The van der Waals surface area contributed by atoms with Crippen molar-refractivity contribution in [2.75, 3.05) is 29.6 Å². The first-order valence-electron chi connectivity index (χ1n) is 11.1. The second-order valence-corrected chi connectivity index (χ2v) is 13.5. The highest BCUT2D eigenvalue weighted by atomic mass is 28.4. The molecule has 2 aromatic rings. The van der Waals surface area contributed by atoms with Crippen LogP contribution in [0.25, 0.3) is 0 Å². The molecule has 1 spiro atoms. The Hall–Kier alpha value is -2.72. The van der Waals surface area contributed by atoms with Crippen molar-refractivity contribution in [1.82, 2.24) is 0 Å². The van der Waals surface area contributed by atoms with Gasteiger partial charge in [-0.25, -0.2) is 0 Å². The Morgan fingerprint density at radius 1 is 1.24 bits per heavy atom. The molecule has 5 N–H and O–H groups in total. The van der Waals surface area contributed by atoms with E-state index in [0.717, 1.165) is 0 Å². The Balaban J connectivity index is 1.74. The van der Waals surface area contributed by atoms with E-state index in [0.29, 0.717) is 34.6 Å². The van der Waals surface area contributed by atoms with Crippen LogP contribution in [0.4, 0.5) is 17.1 Å². The highest BCUT2D eigenvalue weighted by molar-refractivity contribution is 6.71. The molecular formula is C24H31N3O5Si. The molecule has 176 valence electrons. The number of nitrogens with zero attached hydrogens (tertiary/aromatic N) is 1. The van der Waals surface area contributed by atoms with E-state index in [1.54, 1.807) is 54.4 Å². The molecule has 2 heterocycles. The molecule has 2 aromatic carbocycles. The number of hydrogen-bond acceptors (Lipinski definition) is 6. The molecule has 0 radical (unpaired) electrons. The monoisotopic (exact) mass is 469 g/mol. The number of likely N-dealkylation sites (N-methyl/N-ethyl adjacent to an activating group) is 1. The second-order valence-electron chi connectivity index (χ2n) is 9.54. The van der Waals surface area contributed by atoms with Gasteiger partial charge in [0.05, 0.1) is 11.8 Å². The van der Waals surface area contributed by atoms with E-state index in [2.05, 4.69) is 5.32 Å². The van der Waals surface area contributed by atoms with Crippen molar-refractivity contribution in [3.05, 3.63) is 53.6 Å². The third-order valence-electron chi connectivity index (χ3n) is 6.96. The molecule has 2 aliphatic rings. The Kier molecular flexibility index (Phi) is 5.86. The quantitative estimate of drug-likeness (QED) is 0.394. The van der Waals surface area contributed by atoms with Crippen LogP contribution in [0, 0.1) is 5.92 Å². The summed E-state index contributed by atoms with van der Waals surface area (Å²) in [6.07, 6.45) is -0.0961. The molecule has 0 unspecified atom stereocenters. The molecule has 0 aromatic heterocycles. The normalized spacial score (nSPS) is 26.7. The Bertz CT molecular complexity index is 1080. The number of aliphatic hydroxyl groups is 1. The van der Waals surface area contributed by atoms with Crippen molar-refractivity contribution in [1.29, 1.82) is 0 Å². The van der Waals surface area contributed by atoms with Crippen LogP contribution in [0.3, 0.4) is 0 Å². The zero-order chi connectivity index (χ0) is 24.1. The van der Waals surface area contributed by atoms with E-state index >= 15 is 0 Å². The number of nitrogens with one attached hydrogen (secondary N) is 1. The minimum Gasteiger partial charge on any atom is -0.432 e. The van der Waals surface area contributed by atoms with Gasteiger partial charge in [0, 0.05) is 47.6 Å². The van der Waals surface area contributed by atoms with Crippen LogP contribution in [0.15, 0.2) is 42.5 Å². The Morgan fingerprint density at radius 2 is 1.91 bits per heavy atom. The predicted molar refractivity (Wildman–Crippen MR) is 130 cm³/mol. The fourth-order valence-corrected chi connectivity index (χ4v) is 8.10. The number of hydrogen-bond donors (Lipinski definition) is 4. The van der Waals surface area contributed by atoms with Gasteiger partial charge >= 0.3 is 0 Å². The molecule has 4 rings (SSSR count). The van der Waals surface area contributed by atoms with Crippen LogP contribution in [0.2, 0.25) is 18.6 Å². The molecule has 8 nitrogen and oxygen atoms in total. The minimum absolute atomic E-state index is 0.0942. The van der Waals surface area contributed by atoms with E-state index in [-0.39, 0.29) is 29.9 Å². The van der Waals surface area contributed by atoms with Crippen molar-refractivity contribution in [3.8, 4) is 0 Å². The lowest BCUT2D eigenvalue weighted by Gasteiger charge is -2.32. The number of nitrogens with two attached hydrogens (primary N) is 1. The summed E-state index contributed by atoms with van der Waals surface area (Å²) in [5, 5.41) is 12.5. The summed E-state index contributed by atoms with van der Waals surface area (Å²) in [6, 6.07) is 12.0. The van der Waals surface area contributed by atoms with Crippen molar-refractivity contribution in [2.24, 2.45) is 5.92 Å². The summed E-state index contributed by atoms with van der Waals surface area (Å²) in [7, 11) is -1.03. The van der Waals surface area contributed by atoms with Gasteiger partial charge in [-0.05, 0) is 62.0 Å². The number of rotatable bonds is 5. The zero-order valence-electron chi connectivity index (χ0n) is 19.3. The molecule has 0 saturated carbocycles. The standard InChI is InChI=1S/C24H31N3O5Si/c1-14-21(33(3,4)31)20(11-12-28)32-24(14)18-13-17(9-10-19(18)27(2)23(24)30)26-22(29)15-5-7-16(25)8-6-15/h5-10,13-14,20-21,28,31H,11-12,25H2,1-4H3,(H,26,29)/t14-,20+,21-,24+/m1/s1. The molecule has 1 saturated heterocycles. The van der Waals surface area contributed by atoms with Crippen LogP contribution in [-0.4, -0.2) is 49.8 Å². The predicted octanol–water partition coefficient (Wildman–Crippen LogP) is 2.68. The van der Waals surface area contributed by atoms with Crippen molar-refractivity contribution in [3.63, 3.8) is 0 Å². The molecule has 2 amide bonds. The first-order valence-corrected chi connectivity index (χ1v) is 14.1. The molecular weight excluding hydrogens is 438 g/mol. The lowest BCUT2D eigenvalue weighted by atomic mass is 9.82. The van der Waals surface area contributed by atoms with Crippen LogP contribution in [0.1, 0.15) is 29.3 Å². The maximum absolute atomic E-state index is 13.6. The van der Waals surface area contributed by atoms with Gasteiger partial charge in [-0.1, -0.05) is 6.92 Å². The molecule has 0 aliphatic carbocycles. The lowest BCUT2D eigenvalue weighted by Crippen LogP contribution is -2.45. The second kappa shape index (κ2) is 8.25. The summed E-state index contributed by atoms with van der Waals surface area (Å²) in [6.45, 7) is 5.53. The molecule has 0 bridgehead atoms. The minimum atomic E-state index is -2.73. The number of nitrogen functional groups attached to an aromatic ring is 1. The van der Waals surface area contributed by atoms with Gasteiger partial charge in [0.15, 0.2) is 13.9 Å². The molecule has 9 heteroatoms. The van der Waals surface area contributed by atoms with Crippen LogP contribution in [0.5, 0.6) is 0 Å². The van der Waals surface area contributed by atoms with Gasteiger partial charge in [0.1, 0.15) is 0 Å². The SMILES string of the molecule is C[C@@H]1[C@@H]([Si](C)(C)O)[C@H](CCO)O[C@@]12C(=O)N(C)c1ccc(NC(=O)c3ccc(N)cc3)cc12. The van der Waals surface area contributed by atoms with E-state index in [9.17, 15) is 19.5 Å². The number of anilines is 3. The van der Waals surface area contributed by atoms with E-state index in [1.807, 2.05) is 20.0 Å². The van der Waals surface area contributed by atoms with Gasteiger partial charge in [-0.2, -0.15) is 0 Å². The zero-order valence-corrected chi connectivity index (χ0v) is 20.3. The van der Waals surface area contributed by atoms with Crippen LogP contribution < -0.4 is 16.0 Å². The number of carbonyl (C=O) groups is 2. The largest absolute Gasteiger partial charge is 0.432 e. The first kappa shape index (κ1) is 23.4. The first-order chi connectivity index (χ1) is 15.5. The van der Waals surface area contributed by atoms with E-state index < -0.39 is 20.0 Å². The Labute approximate surface area is 194 Å². The van der Waals surface area contributed by atoms with Gasteiger partial charge < -0.3 is 30.6 Å². The number of aliphatic hydroxyl groups excluding tert-OH is 1. The van der Waals surface area contributed by atoms with E-state index in [4.69, 9.17) is 10.5 Å². The molecule has 33 heavy (non-hydrogen) atoms. The van der Waals surface area contributed by atoms with Crippen LogP contribution >= 0.6 is 0 Å². The summed E-state index contributed by atoms with van der Waals surface area (Å²) in [5.74, 6) is -0.794. The average molecular weight is 470 g/mol. The van der Waals surface area contributed by atoms with Crippen molar-refractivity contribution >= 4 is 37.2 Å². The number of benzene rings is 2. The highest BCUT2D eigenvalue weighted by Gasteiger charge is 2.65. The fourth-order valence-electron chi connectivity index (χ4n) is 5.50. The molecule has 2 aliphatic heterocycles. The summed E-state index contributed by atoms with van der Waals surface area (Å²) in [5.41, 5.74) is 7.15. The Morgan fingerprint density at radius 3 is 2.52 bits per heavy atom. The number of amides is 2. The summed E-state index contributed by atoms with van der Waals surface area (Å²) in [4.78, 5) is 38.9. The number of fused-ring (bicyclic) bond motifs is 2. The topological polar surface area (TPSA) is 125 Å². The highest BCUT2D eigenvalue weighted by Crippen LogP contribution is 2.59. The summed E-state index contributed by atoms with van der Waals surface area (Å²) >= 11 is 0. The van der Waals surface area contributed by atoms with Gasteiger partial charge in [-0.15, -0.1) is 0 Å².